The molecule has 2 heterocycles. The van der Waals surface area contributed by atoms with Gasteiger partial charge in [-0.25, -0.2) is 4.98 Å². The molecule has 1 aromatic heterocycles. The topological polar surface area (TPSA) is 93.3 Å². The molecule has 220 valence electrons. The number of carbonyl (C=O) groups is 2. The maximum Gasteiger partial charge on any atom is 0.286 e. The number of nitrogens with zero attached hydrogens (tertiary/aromatic N) is 1. The average molecular weight is 594 g/mol. The van der Waals surface area contributed by atoms with Gasteiger partial charge in [0.1, 0.15) is 23.1 Å². The van der Waals surface area contributed by atoms with Crippen LogP contribution in [0.25, 0.3) is 11.0 Å². The summed E-state index contributed by atoms with van der Waals surface area (Å²) < 4.78 is 12.4. The molecule has 4 saturated carbocycles. The van der Waals surface area contributed by atoms with E-state index in [-0.39, 0.29) is 22.5 Å². The van der Waals surface area contributed by atoms with Gasteiger partial charge >= 0.3 is 0 Å². The van der Waals surface area contributed by atoms with Crippen LogP contribution < -0.4 is 14.8 Å². The highest BCUT2D eigenvalue weighted by molar-refractivity contribution is 8.15. The van der Waals surface area contributed by atoms with E-state index in [2.05, 4.69) is 34.6 Å². The van der Waals surface area contributed by atoms with Crippen molar-refractivity contribution in [1.82, 2.24) is 15.3 Å². The molecular weight excluding hydrogens is 558 g/mol. The number of fused-ring (bicyclic) bond motifs is 1. The molecule has 2 amide bonds. The van der Waals surface area contributed by atoms with Crippen LogP contribution in [0.2, 0.25) is 0 Å². The van der Waals surface area contributed by atoms with Gasteiger partial charge in [-0.2, -0.15) is 0 Å². The van der Waals surface area contributed by atoms with Crippen LogP contribution >= 0.6 is 11.8 Å². The van der Waals surface area contributed by atoms with Crippen LogP contribution in [0.5, 0.6) is 17.2 Å². The molecule has 8 heteroatoms. The Hall–Kier alpha value is -3.78. The van der Waals surface area contributed by atoms with E-state index in [0.717, 1.165) is 63.4 Å². The van der Waals surface area contributed by atoms with E-state index in [1.165, 1.54) is 44.1 Å². The molecule has 4 aliphatic carbocycles. The molecule has 0 radical (unpaired) electrons. The summed E-state index contributed by atoms with van der Waals surface area (Å²) in [5.41, 5.74) is 4.62. The second-order valence-electron chi connectivity index (χ2n) is 13.1. The third-order valence-corrected chi connectivity index (χ3v) is 11.0. The Balaban J connectivity index is 0.914. The van der Waals surface area contributed by atoms with E-state index in [0.29, 0.717) is 17.6 Å². The quantitative estimate of drug-likeness (QED) is 0.216. The maximum atomic E-state index is 11.9. The first-order valence-electron chi connectivity index (χ1n) is 15.4. The molecule has 1 saturated heterocycles. The molecule has 4 bridgehead atoms. The highest BCUT2D eigenvalue weighted by atomic mass is 32.2. The van der Waals surface area contributed by atoms with Crippen LogP contribution in [0, 0.1) is 17.8 Å². The highest BCUT2D eigenvalue weighted by Gasteiger charge is 2.51. The van der Waals surface area contributed by atoms with E-state index >= 15 is 0 Å². The van der Waals surface area contributed by atoms with E-state index < -0.39 is 0 Å². The average Bonchev–Trinajstić information content (AvgIpc) is 3.55. The van der Waals surface area contributed by atoms with Crippen molar-refractivity contribution in [1.29, 1.82) is 0 Å². The molecular formula is C35H35N3O4S. The number of nitrogens with one attached hydrogen (secondary N) is 2. The first-order valence-corrected chi connectivity index (χ1v) is 16.3. The fourth-order valence-corrected chi connectivity index (χ4v) is 9.31. The number of H-pyrrole nitrogens is 1. The molecule has 43 heavy (non-hydrogen) atoms. The van der Waals surface area contributed by atoms with Crippen molar-refractivity contribution < 1.29 is 19.1 Å². The lowest BCUT2D eigenvalue weighted by atomic mass is 9.48. The Bertz CT molecular complexity index is 1660. The number of aromatic nitrogens is 2. The number of hydrogen-bond acceptors (Lipinski definition) is 6. The normalized spacial score (nSPS) is 28.3. The molecule has 0 spiro atoms. The van der Waals surface area contributed by atoms with Crippen LogP contribution in [-0.2, 0) is 16.6 Å². The minimum absolute atomic E-state index is 0.229. The molecule has 7 nitrogen and oxygen atoms in total. The number of aromatic amines is 1. The Morgan fingerprint density at radius 2 is 1.53 bits per heavy atom. The summed E-state index contributed by atoms with van der Waals surface area (Å²) in [5, 5.41) is 1.67. The summed E-state index contributed by atoms with van der Waals surface area (Å²) in [6.45, 7) is 1.96. The number of thioether (sulfide) groups is 1. The van der Waals surface area contributed by atoms with Gasteiger partial charge in [0, 0.05) is 6.07 Å². The standard InChI is InChI=1S/C35H35N3O4S/c1-20(41-26-6-2-21(3-7-26)15-31-33(39)38-34(40)43-31)32-36-29-11-10-28(16-30(29)37-32)42-27-8-4-25(5-9-27)35-17-22-12-23(18-35)14-24(13-22)19-35/h2-11,16,20,22-24,31H,12-15,17-19H2,1H3,(H,36,37)(H,38,39,40). The Kier molecular flexibility index (Phi) is 6.51. The first-order chi connectivity index (χ1) is 20.9. The van der Waals surface area contributed by atoms with Gasteiger partial charge in [0.25, 0.3) is 5.24 Å². The zero-order chi connectivity index (χ0) is 29.1. The number of imidazole rings is 1. The van der Waals surface area contributed by atoms with Crippen molar-refractivity contribution >= 4 is 33.9 Å². The number of amides is 2. The number of carbonyl (C=O) groups excluding carboxylic acids is 2. The van der Waals surface area contributed by atoms with E-state index in [1.54, 1.807) is 0 Å². The van der Waals surface area contributed by atoms with Gasteiger partial charge in [-0.15, -0.1) is 0 Å². The third kappa shape index (κ3) is 5.20. The summed E-state index contributed by atoms with van der Waals surface area (Å²) >= 11 is 1.04. The van der Waals surface area contributed by atoms with Gasteiger partial charge in [0.2, 0.25) is 5.91 Å². The summed E-state index contributed by atoms with van der Waals surface area (Å²) in [6.07, 6.45) is 8.69. The Labute approximate surface area is 255 Å². The molecule has 9 rings (SSSR count). The van der Waals surface area contributed by atoms with E-state index in [4.69, 9.17) is 14.5 Å². The van der Waals surface area contributed by atoms with Crippen LogP contribution in [-0.4, -0.2) is 26.4 Å². The van der Waals surface area contributed by atoms with Crippen molar-refractivity contribution in [3.05, 3.63) is 83.7 Å². The van der Waals surface area contributed by atoms with Crippen LogP contribution in [0.4, 0.5) is 4.79 Å². The first kappa shape index (κ1) is 26.8. The number of hydrogen-bond donors (Lipinski definition) is 2. The molecule has 1 aliphatic heterocycles. The van der Waals surface area contributed by atoms with Crippen LogP contribution in [0.3, 0.4) is 0 Å². The van der Waals surface area contributed by atoms with Gasteiger partial charge in [-0.05, 0) is 123 Å². The van der Waals surface area contributed by atoms with E-state index in [1.807, 2.05) is 49.4 Å². The van der Waals surface area contributed by atoms with E-state index in [9.17, 15) is 9.59 Å². The Morgan fingerprint density at radius 1 is 0.884 bits per heavy atom. The second-order valence-corrected chi connectivity index (χ2v) is 14.3. The molecule has 5 aliphatic rings. The van der Waals surface area contributed by atoms with Crippen molar-refractivity contribution in [3.8, 4) is 17.2 Å². The van der Waals surface area contributed by atoms with Crippen molar-refractivity contribution in [2.45, 2.75) is 68.6 Å². The minimum atomic E-state index is -0.381. The number of rotatable bonds is 8. The SMILES string of the molecule is CC(Oc1ccc(CC2SC(=O)NC2=O)cc1)c1nc2ccc(Oc3ccc(C45CC6CC(CC(C6)C4)C5)cc3)cc2[nH]1. The van der Waals surface area contributed by atoms with Gasteiger partial charge in [0.15, 0.2) is 6.10 Å². The predicted octanol–water partition coefficient (Wildman–Crippen LogP) is 7.86. The summed E-state index contributed by atoms with van der Waals surface area (Å²) in [6, 6.07) is 22.4. The number of benzene rings is 3. The Morgan fingerprint density at radius 3 is 2.19 bits per heavy atom. The van der Waals surface area contributed by atoms with Gasteiger partial charge in [-0.3, -0.25) is 14.9 Å². The molecule has 2 unspecified atom stereocenters. The monoisotopic (exact) mass is 593 g/mol. The lowest BCUT2D eigenvalue weighted by molar-refractivity contribution is -0.118. The molecule has 3 aromatic carbocycles. The minimum Gasteiger partial charge on any atom is -0.483 e. The van der Waals surface area contributed by atoms with Crippen molar-refractivity contribution in [3.63, 3.8) is 0 Å². The number of imide groups is 1. The highest BCUT2D eigenvalue weighted by Crippen LogP contribution is 2.60. The second kappa shape index (κ2) is 10.4. The lowest BCUT2D eigenvalue weighted by Crippen LogP contribution is -2.48. The lowest BCUT2D eigenvalue weighted by Gasteiger charge is -2.57. The molecule has 5 fully saturated rings. The molecule has 4 aromatic rings. The zero-order valence-corrected chi connectivity index (χ0v) is 25.0. The fourth-order valence-electron chi connectivity index (χ4n) is 8.45. The summed E-state index contributed by atoms with van der Waals surface area (Å²) in [7, 11) is 0. The zero-order valence-electron chi connectivity index (χ0n) is 24.2. The fraction of sp³-hybridized carbons (Fsp3) is 0.400. The maximum absolute atomic E-state index is 11.9. The predicted molar refractivity (Wildman–Crippen MR) is 167 cm³/mol. The van der Waals surface area contributed by atoms with Gasteiger partial charge < -0.3 is 14.5 Å². The largest absolute Gasteiger partial charge is 0.483 e. The smallest absolute Gasteiger partial charge is 0.286 e. The van der Waals surface area contributed by atoms with Gasteiger partial charge in [-0.1, -0.05) is 36.0 Å². The molecule has 2 atom stereocenters. The molecule has 2 N–H and O–H groups in total. The van der Waals surface area contributed by atoms with Crippen LogP contribution in [0.15, 0.2) is 66.7 Å². The van der Waals surface area contributed by atoms with Crippen LogP contribution in [0.1, 0.15) is 68.5 Å². The number of ether oxygens (including phenoxy) is 2. The van der Waals surface area contributed by atoms with Crippen molar-refractivity contribution in [2.24, 2.45) is 17.8 Å². The summed E-state index contributed by atoms with van der Waals surface area (Å²) in [4.78, 5) is 31.4. The summed E-state index contributed by atoms with van der Waals surface area (Å²) in [5.74, 6) is 5.64. The third-order valence-electron chi connectivity index (χ3n) is 10.0. The van der Waals surface area contributed by atoms with Crippen molar-refractivity contribution in [2.75, 3.05) is 0 Å². The van der Waals surface area contributed by atoms with Gasteiger partial charge in [0.05, 0.1) is 16.3 Å².